The molecule has 0 aliphatic carbocycles. The smallest absolute Gasteiger partial charge is 0.410 e. The lowest BCUT2D eigenvalue weighted by Gasteiger charge is -2.33. The molecule has 1 saturated heterocycles. The van der Waals surface area contributed by atoms with Crippen molar-refractivity contribution in [2.45, 2.75) is 39.2 Å². The Kier molecular flexibility index (Phi) is 7.44. The van der Waals surface area contributed by atoms with E-state index in [-0.39, 0.29) is 23.3 Å². The highest BCUT2D eigenvalue weighted by Gasteiger charge is 2.27. The number of likely N-dealkylation sites (tertiary alicyclic amines) is 1. The maximum absolute atomic E-state index is 14.2. The minimum Gasteiger partial charge on any atom is -0.488 e. The van der Waals surface area contributed by atoms with E-state index in [1.807, 2.05) is 20.8 Å². The molecule has 7 nitrogen and oxygen atoms in total. The molecule has 1 aliphatic rings. The van der Waals surface area contributed by atoms with Crippen LogP contribution >= 0.6 is 0 Å². The third kappa shape index (κ3) is 6.69. The normalized spacial score (nSPS) is 14.3. The summed E-state index contributed by atoms with van der Waals surface area (Å²) in [5, 5.41) is 20.3. The van der Waals surface area contributed by atoms with Gasteiger partial charge in [0.05, 0.1) is 12.3 Å². The zero-order valence-corrected chi connectivity index (χ0v) is 16.9. The molecule has 8 heteroatoms. The molecule has 1 aliphatic heterocycles. The van der Waals surface area contributed by atoms with Gasteiger partial charge in [-0.15, -0.1) is 0 Å². The molecule has 0 radical (unpaired) electrons. The zero-order chi connectivity index (χ0) is 21.4. The maximum Gasteiger partial charge on any atom is 0.410 e. The molecule has 1 N–H and O–H groups in total. The van der Waals surface area contributed by atoms with Gasteiger partial charge in [0.1, 0.15) is 23.3 Å². The van der Waals surface area contributed by atoms with Crippen LogP contribution in [0.15, 0.2) is 30.0 Å². The van der Waals surface area contributed by atoms with Gasteiger partial charge >= 0.3 is 6.09 Å². The van der Waals surface area contributed by atoms with Gasteiger partial charge in [0.2, 0.25) is 0 Å². The number of amides is 1. The third-order valence-corrected chi connectivity index (χ3v) is 4.31. The second kappa shape index (κ2) is 9.79. The molecule has 0 atom stereocenters. The number of nitrogens with one attached hydrogen (secondary N) is 1. The van der Waals surface area contributed by atoms with E-state index >= 15 is 0 Å². The average molecular weight is 400 g/mol. The first-order chi connectivity index (χ1) is 13.7. The fourth-order valence-electron chi connectivity index (χ4n) is 2.82. The largest absolute Gasteiger partial charge is 0.488 e. The Balaban J connectivity index is 1.93. The standard InChI is InChI=1S/C21H25FN4O3/c1-21(2,3)29-20(27)26-9-7-15(8-10-26)14-28-19-17(22)5-4-6-18(19)25-13-16(11-23)12-24/h4-6,13,15,25H,7-10,14H2,1-3H3. The SMILES string of the molecule is CC(C)(C)OC(=O)N1CCC(COc2c(F)cccc2NC=C(C#N)C#N)CC1. The lowest BCUT2D eigenvalue weighted by molar-refractivity contribution is 0.0164. The zero-order valence-electron chi connectivity index (χ0n) is 16.9. The van der Waals surface area contributed by atoms with Crippen LogP contribution in [0.3, 0.4) is 0 Å². The molecular formula is C21H25FN4O3. The van der Waals surface area contributed by atoms with Crippen molar-refractivity contribution in [2.24, 2.45) is 5.92 Å². The Morgan fingerprint density at radius 1 is 1.31 bits per heavy atom. The highest BCUT2D eigenvalue weighted by molar-refractivity contribution is 5.68. The second-order valence-electron chi connectivity index (χ2n) is 7.76. The molecule has 1 aromatic carbocycles. The number of carbonyl (C=O) groups excluding carboxylic acids is 1. The number of piperidine rings is 1. The van der Waals surface area contributed by atoms with Gasteiger partial charge < -0.3 is 19.7 Å². The second-order valence-corrected chi connectivity index (χ2v) is 7.76. The lowest BCUT2D eigenvalue weighted by atomic mass is 9.98. The van der Waals surface area contributed by atoms with Crippen LogP contribution in [0.2, 0.25) is 0 Å². The number of anilines is 1. The molecule has 0 spiro atoms. The maximum atomic E-state index is 14.2. The van der Waals surface area contributed by atoms with Crippen molar-refractivity contribution in [1.82, 2.24) is 4.90 Å². The number of carbonyl (C=O) groups is 1. The third-order valence-electron chi connectivity index (χ3n) is 4.31. The molecule has 0 unspecified atom stereocenters. The number of allylic oxidation sites excluding steroid dienone is 1. The van der Waals surface area contributed by atoms with Crippen LogP contribution in [0.5, 0.6) is 5.75 Å². The van der Waals surface area contributed by atoms with Gasteiger partial charge in [-0.1, -0.05) is 6.07 Å². The first kappa shape index (κ1) is 22.0. The molecule has 1 amide bonds. The Morgan fingerprint density at radius 3 is 2.55 bits per heavy atom. The Bertz CT molecular complexity index is 825. The van der Waals surface area contributed by atoms with Gasteiger partial charge in [-0.25, -0.2) is 9.18 Å². The monoisotopic (exact) mass is 400 g/mol. The van der Waals surface area contributed by atoms with Crippen LogP contribution in [-0.2, 0) is 4.74 Å². The molecule has 0 aromatic heterocycles. The van der Waals surface area contributed by atoms with Crippen molar-refractivity contribution in [2.75, 3.05) is 25.0 Å². The Labute approximate surface area is 170 Å². The van der Waals surface area contributed by atoms with E-state index in [0.29, 0.717) is 25.4 Å². The van der Waals surface area contributed by atoms with Crippen molar-refractivity contribution in [3.63, 3.8) is 0 Å². The quantitative estimate of drug-likeness (QED) is 0.744. The van der Waals surface area contributed by atoms with Crippen LogP contribution in [0.25, 0.3) is 0 Å². The molecule has 0 saturated carbocycles. The highest BCUT2D eigenvalue weighted by Crippen LogP contribution is 2.29. The van der Waals surface area contributed by atoms with Crippen molar-refractivity contribution in [3.8, 4) is 17.9 Å². The summed E-state index contributed by atoms with van der Waals surface area (Å²) in [4.78, 5) is 13.8. The molecule has 1 heterocycles. The van der Waals surface area contributed by atoms with Gasteiger partial charge in [-0.2, -0.15) is 10.5 Å². The first-order valence-electron chi connectivity index (χ1n) is 9.39. The van der Waals surface area contributed by atoms with E-state index < -0.39 is 11.4 Å². The highest BCUT2D eigenvalue weighted by atomic mass is 19.1. The minimum atomic E-state index is -0.537. The molecular weight excluding hydrogens is 375 g/mol. The summed E-state index contributed by atoms with van der Waals surface area (Å²) < 4.78 is 25.3. The fraction of sp³-hybridized carbons (Fsp3) is 0.476. The number of rotatable bonds is 5. The van der Waals surface area contributed by atoms with E-state index in [1.54, 1.807) is 23.1 Å². The van der Waals surface area contributed by atoms with Crippen molar-refractivity contribution < 1.29 is 18.7 Å². The number of benzene rings is 1. The van der Waals surface area contributed by atoms with Crippen LogP contribution in [-0.4, -0.2) is 36.3 Å². The van der Waals surface area contributed by atoms with Gasteiger partial charge in [0, 0.05) is 19.3 Å². The number of hydrogen-bond acceptors (Lipinski definition) is 6. The molecule has 1 fully saturated rings. The number of nitriles is 2. The summed E-state index contributed by atoms with van der Waals surface area (Å²) in [5.41, 5.74) is -0.328. The lowest BCUT2D eigenvalue weighted by Crippen LogP contribution is -2.42. The molecule has 1 aromatic rings. The van der Waals surface area contributed by atoms with Crippen molar-refractivity contribution in [3.05, 3.63) is 35.8 Å². The Hall–Kier alpha value is -3.26. The number of para-hydroxylation sites is 1. The molecule has 29 heavy (non-hydrogen) atoms. The van der Waals surface area contributed by atoms with Crippen LogP contribution in [0.1, 0.15) is 33.6 Å². The van der Waals surface area contributed by atoms with Crippen LogP contribution in [0, 0.1) is 34.4 Å². The number of halogens is 1. The van der Waals surface area contributed by atoms with E-state index in [2.05, 4.69) is 5.32 Å². The summed E-state index contributed by atoms with van der Waals surface area (Å²) in [5.74, 6) is -0.330. The van der Waals surface area contributed by atoms with Crippen LogP contribution in [0.4, 0.5) is 14.9 Å². The summed E-state index contributed by atoms with van der Waals surface area (Å²) in [6.45, 7) is 6.90. The van der Waals surface area contributed by atoms with Gasteiger partial charge in [-0.05, 0) is 51.7 Å². The molecule has 154 valence electrons. The van der Waals surface area contributed by atoms with Gasteiger partial charge in [0.15, 0.2) is 11.6 Å². The van der Waals surface area contributed by atoms with E-state index in [1.165, 1.54) is 18.3 Å². The predicted molar refractivity (Wildman–Crippen MR) is 105 cm³/mol. The summed E-state index contributed by atoms with van der Waals surface area (Å²) in [6.07, 6.45) is 2.34. The van der Waals surface area contributed by atoms with E-state index in [4.69, 9.17) is 20.0 Å². The summed E-state index contributed by atoms with van der Waals surface area (Å²) in [6, 6.07) is 7.85. The number of hydrogen-bond donors (Lipinski definition) is 1. The fourth-order valence-corrected chi connectivity index (χ4v) is 2.82. The van der Waals surface area contributed by atoms with Crippen molar-refractivity contribution >= 4 is 11.8 Å². The predicted octanol–water partition coefficient (Wildman–Crippen LogP) is 4.19. The van der Waals surface area contributed by atoms with Gasteiger partial charge in [-0.3, -0.25) is 0 Å². The first-order valence-corrected chi connectivity index (χ1v) is 9.39. The molecule has 0 bridgehead atoms. The van der Waals surface area contributed by atoms with E-state index in [9.17, 15) is 9.18 Å². The summed E-state index contributed by atoms with van der Waals surface area (Å²) >= 11 is 0. The Morgan fingerprint density at radius 2 is 1.97 bits per heavy atom. The van der Waals surface area contributed by atoms with Crippen LogP contribution < -0.4 is 10.1 Å². The number of ether oxygens (including phenoxy) is 2. The van der Waals surface area contributed by atoms with E-state index in [0.717, 1.165) is 12.8 Å². The van der Waals surface area contributed by atoms with Gasteiger partial charge in [0.25, 0.3) is 0 Å². The van der Waals surface area contributed by atoms with Crippen molar-refractivity contribution in [1.29, 1.82) is 10.5 Å². The summed E-state index contributed by atoms with van der Waals surface area (Å²) in [7, 11) is 0. The number of nitrogens with zero attached hydrogens (tertiary/aromatic N) is 3. The topological polar surface area (TPSA) is 98.4 Å². The minimum absolute atomic E-state index is 0.0357. The average Bonchev–Trinajstić information content (AvgIpc) is 2.67. The molecule has 2 rings (SSSR count).